The van der Waals surface area contributed by atoms with Crippen LogP contribution in [0.2, 0.25) is 0 Å². The molecule has 100 valence electrons. The normalized spacial score (nSPS) is 11.7. The quantitative estimate of drug-likeness (QED) is 0.448. The maximum absolute atomic E-state index is 4.08. The zero-order chi connectivity index (χ0) is 14.4. The van der Waals surface area contributed by atoms with Gasteiger partial charge in [0.1, 0.15) is 0 Å². The van der Waals surface area contributed by atoms with Crippen LogP contribution in [0, 0.1) is 0 Å². The predicted octanol–water partition coefficient (Wildman–Crippen LogP) is 5.73. The minimum absolute atomic E-state index is 1.04. The molecule has 0 fully saturated rings. The van der Waals surface area contributed by atoms with Gasteiger partial charge in [0.25, 0.3) is 0 Å². The predicted molar refractivity (Wildman–Crippen MR) is 87.2 cm³/mol. The highest BCUT2D eigenvalue weighted by Crippen LogP contribution is 2.27. The lowest BCUT2D eigenvalue weighted by Gasteiger charge is -2.12. The Labute approximate surface area is 117 Å². The Hall–Kier alpha value is -1.82. The highest BCUT2D eigenvalue weighted by Gasteiger charge is 2.06. The largest absolute Gasteiger partial charge is 0.100 e. The molecule has 0 aromatic heterocycles. The van der Waals surface area contributed by atoms with Crippen LogP contribution in [0.1, 0.15) is 38.3 Å². The van der Waals surface area contributed by atoms with Gasteiger partial charge in [0.05, 0.1) is 0 Å². The number of aryl methyl sites for hydroxylation is 1. The fraction of sp³-hybridized carbons (Fsp3) is 0.263. The van der Waals surface area contributed by atoms with E-state index in [1.54, 1.807) is 0 Å². The third-order valence-electron chi connectivity index (χ3n) is 3.18. The lowest BCUT2D eigenvalue weighted by Crippen LogP contribution is -1.92. The van der Waals surface area contributed by atoms with Crippen LogP contribution in [-0.2, 0) is 6.42 Å². The SMILES string of the molecule is C=C/C(C)=C(\C(=C)C)c1cccc(CCC(=C)C)c1. The molecule has 0 aliphatic heterocycles. The van der Waals surface area contributed by atoms with Crippen LogP contribution < -0.4 is 0 Å². The summed E-state index contributed by atoms with van der Waals surface area (Å²) in [5.74, 6) is 0. The molecule has 0 saturated heterocycles. The van der Waals surface area contributed by atoms with E-state index in [0.29, 0.717) is 0 Å². The molecule has 0 bridgehead atoms. The monoisotopic (exact) mass is 252 g/mol. The standard InChI is InChI=1S/C19H24/c1-7-16(6)19(15(4)5)18-10-8-9-17(13-18)12-11-14(2)3/h7-10,13H,1-2,4,11-12H2,3,5-6H3/b19-16+. The van der Waals surface area contributed by atoms with Gasteiger partial charge in [0.15, 0.2) is 0 Å². The molecule has 1 rings (SSSR count). The number of hydrogen-bond acceptors (Lipinski definition) is 0. The number of hydrogen-bond donors (Lipinski definition) is 0. The summed E-state index contributed by atoms with van der Waals surface area (Å²) in [6.45, 7) is 18.1. The maximum atomic E-state index is 4.08. The first-order valence-corrected chi connectivity index (χ1v) is 6.68. The molecule has 0 heterocycles. The highest BCUT2D eigenvalue weighted by atomic mass is 14.1. The lowest BCUT2D eigenvalue weighted by atomic mass is 9.93. The van der Waals surface area contributed by atoms with Crippen molar-refractivity contribution in [3.05, 3.63) is 77.9 Å². The van der Waals surface area contributed by atoms with Crippen LogP contribution >= 0.6 is 0 Å². The van der Waals surface area contributed by atoms with Gasteiger partial charge in [-0.1, -0.05) is 54.6 Å². The molecule has 0 N–H and O–H groups in total. The third kappa shape index (κ3) is 4.40. The Bertz CT molecular complexity index is 527. The second-order valence-corrected chi connectivity index (χ2v) is 5.20. The summed E-state index contributed by atoms with van der Waals surface area (Å²) in [5, 5.41) is 0. The Morgan fingerprint density at radius 1 is 1.16 bits per heavy atom. The molecule has 0 atom stereocenters. The van der Waals surface area contributed by atoms with E-state index in [2.05, 4.69) is 57.8 Å². The van der Waals surface area contributed by atoms with E-state index >= 15 is 0 Å². The molecule has 19 heavy (non-hydrogen) atoms. The second kappa shape index (κ2) is 6.94. The molecule has 1 aromatic rings. The molecule has 0 aliphatic carbocycles. The highest BCUT2D eigenvalue weighted by molar-refractivity contribution is 5.81. The van der Waals surface area contributed by atoms with Crippen molar-refractivity contribution in [2.45, 2.75) is 33.6 Å². The van der Waals surface area contributed by atoms with Gasteiger partial charge in [-0.2, -0.15) is 0 Å². The molecular weight excluding hydrogens is 228 g/mol. The zero-order valence-corrected chi connectivity index (χ0v) is 12.4. The van der Waals surface area contributed by atoms with Crippen LogP contribution in [-0.4, -0.2) is 0 Å². The zero-order valence-electron chi connectivity index (χ0n) is 12.4. The van der Waals surface area contributed by atoms with Crippen molar-refractivity contribution < 1.29 is 0 Å². The average molecular weight is 252 g/mol. The summed E-state index contributed by atoms with van der Waals surface area (Å²) < 4.78 is 0. The summed E-state index contributed by atoms with van der Waals surface area (Å²) in [6, 6.07) is 8.68. The van der Waals surface area contributed by atoms with Gasteiger partial charge in [-0.3, -0.25) is 0 Å². The first kappa shape index (κ1) is 15.2. The molecule has 0 aliphatic rings. The smallest absolute Gasteiger partial charge is 0.0131 e. The van der Waals surface area contributed by atoms with Gasteiger partial charge in [-0.25, -0.2) is 0 Å². The summed E-state index contributed by atoms with van der Waals surface area (Å²) in [5.41, 5.74) is 7.25. The Kier molecular flexibility index (Phi) is 5.57. The van der Waals surface area contributed by atoms with Crippen molar-refractivity contribution in [1.29, 1.82) is 0 Å². The second-order valence-electron chi connectivity index (χ2n) is 5.20. The summed E-state index contributed by atoms with van der Waals surface area (Å²) in [7, 11) is 0. The topological polar surface area (TPSA) is 0 Å². The number of rotatable bonds is 6. The van der Waals surface area contributed by atoms with E-state index in [9.17, 15) is 0 Å². The van der Waals surface area contributed by atoms with Crippen molar-refractivity contribution in [3.8, 4) is 0 Å². The third-order valence-corrected chi connectivity index (χ3v) is 3.18. The molecule has 0 spiro atoms. The van der Waals surface area contributed by atoms with E-state index in [-0.39, 0.29) is 0 Å². The average Bonchev–Trinajstić information content (AvgIpc) is 2.36. The van der Waals surface area contributed by atoms with Crippen LogP contribution in [0.4, 0.5) is 0 Å². The van der Waals surface area contributed by atoms with Crippen LogP contribution in [0.5, 0.6) is 0 Å². The van der Waals surface area contributed by atoms with Crippen molar-refractivity contribution in [2.75, 3.05) is 0 Å². The van der Waals surface area contributed by atoms with E-state index in [1.165, 1.54) is 27.8 Å². The molecule has 0 amide bonds. The van der Waals surface area contributed by atoms with E-state index in [0.717, 1.165) is 18.4 Å². The van der Waals surface area contributed by atoms with Gasteiger partial charge < -0.3 is 0 Å². The van der Waals surface area contributed by atoms with Gasteiger partial charge in [0.2, 0.25) is 0 Å². The van der Waals surface area contributed by atoms with Crippen molar-refractivity contribution in [1.82, 2.24) is 0 Å². The molecule has 0 radical (unpaired) electrons. The van der Waals surface area contributed by atoms with Crippen LogP contribution in [0.3, 0.4) is 0 Å². The fourth-order valence-corrected chi connectivity index (χ4v) is 2.15. The van der Waals surface area contributed by atoms with Crippen molar-refractivity contribution >= 4 is 5.57 Å². The van der Waals surface area contributed by atoms with Crippen molar-refractivity contribution in [3.63, 3.8) is 0 Å². The minimum Gasteiger partial charge on any atom is -0.100 e. The van der Waals surface area contributed by atoms with E-state index in [4.69, 9.17) is 0 Å². The van der Waals surface area contributed by atoms with Gasteiger partial charge in [-0.05, 0) is 55.9 Å². The summed E-state index contributed by atoms with van der Waals surface area (Å²) >= 11 is 0. The first-order chi connectivity index (χ1) is 8.95. The molecule has 0 nitrogen and oxygen atoms in total. The Morgan fingerprint density at radius 2 is 1.84 bits per heavy atom. The summed E-state index contributed by atoms with van der Waals surface area (Å²) in [6.07, 6.45) is 3.97. The maximum Gasteiger partial charge on any atom is -0.0131 e. The van der Waals surface area contributed by atoms with E-state index in [1.807, 2.05) is 13.0 Å². The van der Waals surface area contributed by atoms with Gasteiger partial charge in [-0.15, -0.1) is 6.58 Å². The Morgan fingerprint density at radius 3 is 2.37 bits per heavy atom. The molecule has 0 saturated carbocycles. The van der Waals surface area contributed by atoms with E-state index < -0.39 is 0 Å². The number of benzene rings is 1. The molecule has 0 unspecified atom stereocenters. The fourth-order valence-electron chi connectivity index (χ4n) is 2.15. The minimum atomic E-state index is 1.04. The van der Waals surface area contributed by atoms with Crippen LogP contribution in [0.15, 0.2) is 66.8 Å². The summed E-state index contributed by atoms with van der Waals surface area (Å²) in [4.78, 5) is 0. The molecule has 1 aromatic carbocycles. The molecular formula is C19H24. The molecule has 0 heteroatoms. The van der Waals surface area contributed by atoms with Gasteiger partial charge in [0, 0.05) is 0 Å². The first-order valence-electron chi connectivity index (χ1n) is 6.68. The Balaban J connectivity index is 3.13. The lowest BCUT2D eigenvalue weighted by molar-refractivity contribution is 0.945. The van der Waals surface area contributed by atoms with Gasteiger partial charge >= 0.3 is 0 Å². The number of allylic oxidation sites excluding steroid dienone is 5. The van der Waals surface area contributed by atoms with Crippen molar-refractivity contribution in [2.24, 2.45) is 0 Å². The van der Waals surface area contributed by atoms with Crippen LogP contribution in [0.25, 0.3) is 5.57 Å².